The van der Waals surface area contributed by atoms with Crippen molar-refractivity contribution in [3.63, 3.8) is 0 Å². The molecule has 2 N–H and O–H groups in total. The van der Waals surface area contributed by atoms with Crippen LogP contribution in [0.1, 0.15) is 6.42 Å². The van der Waals surface area contributed by atoms with Crippen molar-refractivity contribution in [2.24, 2.45) is 5.73 Å². The molecule has 1 aliphatic rings. The van der Waals surface area contributed by atoms with E-state index in [1.54, 1.807) is 12.3 Å². The number of nitrogens with zero attached hydrogens (tertiary/aromatic N) is 3. The molecule has 0 unspecified atom stereocenters. The van der Waals surface area contributed by atoms with E-state index in [1.165, 1.54) is 4.68 Å². The maximum Gasteiger partial charge on any atom is 0.268 e. The molecule has 6 nitrogen and oxygen atoms in total. The van der Waals surface area contributed by atoms with E-state index in [0.717, 1.165) is 18.8 Å². The Labute approximate surface area is 110 Å². The average molecular weight is 268 g/mol. The highest BCUT2D eigenvalue weighted by Crippen LogP contribution is 2.11. The Morgan fingerprint density at radius 1 is 1.50 bits per heavy atom. The van der Waals surface area contributed by atoms with Crippen molar-refractivity contribution in [2.75, 3.05) is 31.2 Å². The zero-order valence-corrected chi connectivity index (χ0v) is 10.9. The third-order valence-corrected chi connectivity index (χ3v) is 3.01. The van der Waals surface area contributed by atoms with Crippen molar-refractivity contribution in [2.45, 2.75) is 13.0 Å². The fraction of sp³-hybridized carbons (Fsp3) is 0.545. The molecule has 7 heteroatoms. The molecule has 0 saturated carbocycles. The van der Waals surface area contributed by atoms with Gasteiger partial charge in [0.25, 0.3) is 5.56 Å². The minimum absolute atomic E-state index is 0.129. The van der Waals surface area contributed by atoms with E-state index in [0.29, 0.717) is 31.2 Å². The van der Waals surface area contributed by atoms with Gasteiger partial charge in [-0.05, 0) is 0 Å². The predicted octanol–water partition coefficient (Wildman–Crippen LogP) is -0.244. The molecule has 98 valence electrons. The first-order valence-electron chi connectivity index (χ1n) is 5.85. The summed E-state index contributed by atoms with van der Waals surface area (Å²) in [5, 5.41) is 4.13. The van der Waals surface area contributed by atoms with Crippen LogP contribution in [-0.2, 0) is 11.3 Å². The molecule has 2 rings (SSSR count). The summed E-state index contributed by atoms with van der Waals surface area (Å²) in [4.78, 5) is 14.3. The highest BCUT2D eigenvalue weighted by atomic mass is 32.1. The van der Waals surface area contributed by atoms with Gasteiger partial charge in [0.1, 0.15) is 0 Å². The molecular weight excluding hydrogens is 252 g/mol. The van der Waals surface area contributed by atoms with Gasteiger partial charge in [0, 0.05) is 25.6 Å². The Hall–Kier alpha value is -1.47. The number of morpholine rings is 1. The fourth-order valence-corrected chi connectivity index (χ4v) is 1.89. The molecule has 1 saturated heterocycles. The molecule has 0 bridgehead atoms. The highest BCUT2D eigenvalue weighted by molar-refractivity contribution is 7.80. The quantitative estimate of drug-likeness (QED) is 0.760. The van der Waals surface area contributed by atoms with Gasteiger partial charge < -0.3 is 15.4 Å². The number of aryl methyl sites for hydroxylation is 1. The lowest BCUT2D eigenvalue weighted by Crippen LogP contribution is -2.37. The number of hydrogen-bond acceptors (Lipinski definition) is 5. The zero-order chi connectivity index (χ0) is 13.0. The third-order valence-electron chi connectivity index (χ3n) is 2.80. The summed E-state index contributed by atoms with van der Waals surface area (Å²) < 4.78 is 6.64. The van der Waals surface area contributed by atoms with Crippen LogP contribution in [0.5, 0.6) is 0 Å². The smallest absolute Gasteiger partial charge is 0.268 e. The third kappa shape index (κ3) is 3.27. The number of thiocarbonyl (C=S) groups is 1. The van der Waals surface area contributed by atoms with Gasteiger partial charge in [-0.2, -0.15) is 5.10 Å². The molecule has 0 spiro atoms. The Balaban J connectivity index is 2.09. The number of ether oxygens (including phenoxy) is 1. The second kappa shape index (κ2) is 5.92. The average Bonchev–Trinajstić information content (AvgIpc) is 2.38. The number of aromatic nitrogens is 2. The van der Waals surface area contributed by atoms with Gasteiger partial charge in [-0.25, -0.2) is 4.68 Å². The lowest BCUT2D eigenvalue weighted by Gasteiger charge is -2.28. The molecule has 18 heavy (non-hydrogen) atoms. The fourth-order valence-electron chi connectivity index (χ4n) is 1.80. The predicted molar refractivity (Wildman–Crippen MR) is 72.9 cm³/mol. The molecule has 1 aromatic rings. The molecule has 0 aromatic carbocycles. The van der Waals surface area contributed by atoms with Crippen LogP contribution in [0.3, 0.4) is 0 Å². The topological polar surface area (TPSA) is 73.4 Å². The number of hydrogen-bond donors (Lipinski definition) is 1. The van der Waals surface area contributed by atoms with E-state index in [2.05, 4.69) is 10.00 Å². The first-order valence-corrected chi connectivity index (χ1v) is 6.26. The standard InChI is InChI=1S/C11H16N4O2S/c12-10(18)1-2-15-11(16)7-9(8-13-15)14-3-5-17-6-4-14/h7-8H,1-6H2,(H2,12,18). The summed E-state index contributed by atoms with van der Waals surface area (Å²) >= 11 is 4.78. The van der Waals surface area contributed by atoms with Crippen molar-refractivity contribution >= 4 is 22.9 Å². The van der Waals surface area contributed by atoms with Gasteiger partial charge in [-0.3, -0.25) is 4.79 Å². The van der Waals surface area contributed by atoms with Gasteiger partial charge in [0.15, 0.2) is 0 Å². The van der Waals surface area contributed by atoms with Crippen LogP contribution < -0.4 is 16.2 Å². The zero-order valence-electron chi connectivity index (χ0n) is 10.0. The van der Waals surface area contributed by atoms with Crippen LogP contribution in [0.25, 0.3) is 0 Å². The molecule has 1 aliphatic heterocycles. The van der Waals surface area contributed by atoms with E-state index in [-0.39, 0.29) is 5.56 Å². The number of rotatable bonds is 4. The van der Waals surface area contributed by atoms with E-state index in [1.807, 2.05) is 0 Å². The maximum absolute atomic E-state index is 11.9. The van der Waals surface area contributed by atoms with Crippen molar-refractivity contribution in [1.82, 2.24) is 9.78 Å². The van der Waals surface area contributed by atoms with Crippen LogP contribution in [0, 0.1) is 0 Å². The molecule has 2 heterocycles. The van der Waals surface area contributed by atoms with Crippen LogP contribution >= 0.6 is 12.2 Å². The lowest BCUT2D eigenvalue weighted by atomic mass is 10.3. The van der Waals surface area contributed by atoms with Crippen LogP contribution in [0.2, 0.25) is 0 Å². The Bertz CT molecular complexity index is 482. The minimum atomic E-state index is -0.129. The summed E-state index contributed by atoms with van der Waals surface area (Å²) in [5.74, 6) is 0. The van der Waals surface area contributed by atoms with E-state index >= 15 is 0 Å². The summed E-state index contributed by atoms with van der Waals surface area (Å²) in [6.45, 7) is 3.38. The molecule has 0 radical (unpaired) electrons. The normalized spacial score (nSPS) is 15.7. The van der Waals surface area contributed by atoms with Crippen molar-refractivity contribution in [1.29, 1.82) is 0 Å². The molecule has 1 aromatic heterocycles. The summed E-state index contributed by atoms with van der Waals surface area (Å²) in [5.41, 5.74) is 6.12. The molecule has 0 aliphatic carbocycles. The van der Waals surface area contributed by atoms with Crippen molar-refractivity contribution < 1.29 is 4.74 Å². The first kappa shape index (κ1) is 13.0. The van der Waals surface area contributed by atoms with Crippen molar-refractivity contribution in [3.05, 3.63) is 22.6 Å². The van der Waals surface area contributed by atoms with Gasteiger partial charge in [0.2, 0.25) is 0 Å². The van der Waals surface area contributed by atoms with Gasteiger partial charge in [-0.15, -0.1) is 0 Å². The second-order valence-corrected chi connectivity index (χ2v) is 4.62. The summed E-state index contributed by atoms with van der Waals surface area (Å²) in [6, 6.07) is 1.60. The lowest BCUT2D eigenvalue weighted by molar-refractivity contribution is 0.122. The molecule has 1 fully saturated rings. The number of anilines is 1. The van der Waals surface area contributed by atoms with Crippen molar-refractivity contribution in [3.8, 4) is 0 Å². The SMILES string of the molecule is NC(=S)CCn1ncc(N2CCOCC2)cc1=O. The molecule has 0 atom stereocenters. The van der Waals surface area contributed by atoms with E-state index < -0.39 is 0 Å². The Morgan fingerprint density at radius 3 is 2.83 bits per heavy atom. The number of nitrogens with two attached hydrogens (primary N) is 1. The van der Waals surface area contributed by atoms with E-state index in [4.69, 9.17) is 22.7 Å². The van der Waals surface area contributed by atoms with Crippen LogP contribution in [-0.4, -0.2) is 41.1 Å². The first-order chi connectivity index (χ1) is 8.66. The second-order valence-electron chi connectivity index (χ2n) is 4.09. The van der Waals surface area contributed by atoms with Gasteiger partial charge in [-0.1, -0.05) is 12.2 Å². The Morgan fingerprint density at radius 2 is 2.22 bits per heavy atom. The highest BCUT2D eigenvalue weighted by Gasteiger charge is 2.12. The Kier molecular flexibility index (Phi) is 4.27. The van der Waals surface area contributed by atoms with Gasteiger partial charge >= 0.3 is 0 Å². The van der Waals surface area contributed by atoms with E-state index in [9.17, 15) is 4.79 Å². The largest absolute Gasteiger partial charge is 0.393 e. The maximum atomic E-state index is 11.9. The van der Waals surface area contributed by atoms with Crippen LogP contribution in [0.15, 0.2) is 17.1 Å². The molecule has 0 amide bonds. The summed E-state index contributed by atoms with van der Waals surface area (Å²) in [7, 11) is 0. The minimum Gasteiger partial charge on any atom is -0.393 e. The summed E-state index contributed by atoms with van der Waals surface area (Å²) in [6.07, 6.45) is 2.19. The molecular formula is C11H16N4O2S. The van der Waals surface area contributed by atoms with Gasteiger partial charge in [0.05, 0.1) is 36.6 Å². The van der Waals surface area contributed by atoms with Crippen LogP contribution in [0.4, 0.5) is 5.69 Å². The monoisotopic (exact) mass is 268 g/mol.